The highest BCUT2D eigenvalue weighted by Crippen LogP contribution is 2.20. The third kappa shape index (κ3) is 3.00. The van der Waals surface area contributed by atoms with Crippen molar-refractivity contribution in [3.63, 3.8) is 0 Å². The van der Waals surface area contributed by atoms with Crippen molar-refractivity contribution >= 4 is 0 Å². The molecule has 1 rings (SSSR count). The summed E-state index contributed by atoms with van der Waals surface area (Å²) in [6.07, 6.45) is 0.876. The van der Waals surface area contributed by atoms with E-state index >= 15 is 0 Å². The molecule has 0 bridgehead atoms. The average Bonchev–Trinajstić information content (AvgIpc) is 2.17. The van der Waals surface area contributed by atoms with Crippen molar-refractivity contribution in [3.05, 3.63) is 23.9 Å². The summed E-state index contributed by atoms with van der Waals surface area (Å²) < 4.78 is 5.06. The van der Waals surface area contributed by atoms with Crippen molar-refractivity contribution in [3.8, 4) is 5.88 Å². The summed E-state index contributed by atoms with van der Waals surface area (Å²) >= 11 is 0. The molecule has 0 unspecified atom stereocenters. The maximum Gasteiger partial charge on any atom is 0.213 e. The van der Waals surface area contributed by atoms with Crippen LogP contribution in [-0.2, 0) is 6.42 Å². The van der Waals surface area contributed by atoms with Crippen LogP contribution in [0, 0.1) is 5.41 Å². The minimum Gasteiger partial charge on any atom is -0.481 e. The van der Waals surface area contributed by atoms with E-state index in [-0.39, 0.29) is 5.41 Å². The SMILES string of the molecule is COc1cccc(CC(C)(C)CN)n1. The average molecular weight is 194 g/mol. The Labute approximate surface area is 85.3 Å². The van der Waals surface area contributed by atoms with Crippen LogP contribution in [0.15, 0.2) is 18.2 Å². The zero-order chi connectivity index (χ0) is 10.6. The van der Waals surface area contributed by atoms with E-state index in [2.05, 4.69) is 18.8 Å². The van der Waals surface area contributed by atoms with Gasteiger partial charge < -0.3 is 10.5 Å². The second-order valence-corrected chi connectivity index (χ2v) is 4.22. The number of nitrogens with two attached hydrogens (primary N) is 1. The van der Waals surface area contributed by atoms with Crippen molar-refractivity contribution in [2.45, 2.75) is 20.3 Å². The summed E-state index contributed by atoms with van der Waals surface area (Å²) in [7, 11) is 1.63. The van der Waals surface area contributed by atoms with E-state index in [0.717, 1.165) is 12.1 Å². The van der Waals surface area contributed by atoms with Crippen LogP contribution in [0.2, 0.25) is 0 Å². The molecule has 0 atom stereocenters. The molecular formula is C11H18N2O. The van der Waals surface area contributed by atoms with Crippen LogP contribution in [0.3, 0.4) is 0 Å². The number of hydrogen-bond donors (Lipinski definition) is 1. The van der Waals surface area contributed by atoms with Gasteiger partial charge in [-0.1, -0.05) is 19.9 Å². The number of rotatable bonds is 4. The maximum absolute atomic E-state index is 5.67. The van der Waals surface area contributed by atoms with Crippen molar-refractivity contribution in [1.29, 1.82) is 0 Å². The van der Waals surface area contributed by atoms with Gasteiger partial charge in [0, 0.05) is 11.8 Å². The second kappa shape index (κ2) is 4.42. The lowest BCUT2D eigenvalue weighted by Gasteiger charge is -2.21. The predicted molar refractivity (Wildman–Crippen MR) is 57.3 cm³/mol. The van der Waals surface area contributed by atoms with Crippen LogP contribution in [0.4, 0.5) is 0 Å². The fraction of sp³-hybridized carbons (Fsp3) is 0.545. The smallest absolute Gasteiger partial charge is 0.213 e. The summed E-state index contributed by atoms with van der Waals surface area (Å²) in [5, 5.41) is 0. The van der Waals surface area contributed by atoms with Gasteiger partial charge in [0.05, 0.1) is 7.11 Å². The van der Waals surface area contributed by atoms with Gasteiger partial charge in [-0.05, 0) is 24.4 Å². The van der Waals surface area contributed by atoms with E-state index in [4.69, 9.17) is 10.5 Å². The first-order valence-corrected chi connectivity index (χ1v) is 4.77. The first-order chi connectivity index (χ1) is 6.57. The fourth-order valence-electron chi connectivity index (χ4n) is 1.23. The van der Waals surface area contributed by atoms with E-state index in [1.54, 1.807) is 7.11 Å². The van der Waals surface area contributed by atoms with Gasteiger partial charge in [0.15, 0.2) is 0 Å². The number of methoxy groups -OCH3 is 1. The van der Waals surface area contributed by atoms with Crippen LogP contribution in [0.25, 0.3) is 0 Å². The Morgan fingerprint density at radius 2 is 2.14 bits per heavy atom. The molecule has 0 spiro atoms. The van der Waals surface area contributed by atoms with Crippen LogP contribution in [0.1, 0.15) is 19.5 Å². The molecule has 3 nitrogen and oxygen atoms in total. The molecule has 0 saturated heterocycles. The third-order valence-electron chi connectivity index (χ3n) is 2.20. The molecule has 0 radical (unpaired) electrons. The number of hydrogen-bond acceptors (Lipinski definition) is 3. The van der Waals surface area contributed by atoms with Crippen LogP contribution < -0.4 is 10.5 Å². The van der Waals surface area contributed by atoms with E-state index < -0.39 is 0 Å². The first-order valence-electron chi connectivity index (χ1n) is 4.77. The Hall–Kier alpha value is -1.09. The second-order valence-electron chi connectivity index (χ2n) is 4.22. The minimum absolute atomic E-state index is 0.0966. The maximum atomic E-state index is 5.67. The summed E-state index contributed by atoms with van der Waals surface area (Å²) in [4.78, 5) is 4.35. The highest BCUT2D eigenvalue weighted by molar-refractivity contribution is 5.16. The Morgan fingerprint density at radius 1 is 1.43 bits per heavy atom. The zero-order valence-corrected chi connectivity index (χ0v) is 9.08. The lowest BCUT2D eigenvalue weighted by atomic mass is 9.88. The van der Waals surface area contributed by atoms with Crippen molar-refractivity contribution in [1.82, 2.24) is 4.98 Å². The van der Waals surface area contributed by atoms with Gasteiger partial charge in [-0.3, -0.25) is 0 Å². The summed E-state index contributed by atoms with van der Waals surface area (Å²) in [6, 6.07) is 5.80. The lowest BCUT2D eigenvalue weighted by Crippen LogP contribution is -2.26. The molecular weight excluding hydrogens is 176 g/mol. The molecule has 0 aromatic carbocycles. The van der Waals surface area contributed by atoms with E-state index in [0.29, 0.717) is 12.4 Å². The highest BCUT2D eigenvalue weighted by Gasteiger charge is 2.17. The molecule has 0 aliphatic carbocycles. The quantitative estimate of drug-likeness (QED) is 0.792. The molecule has 0 aliphatic rings. The van der Waals surface area contributed by atoms with Gasteiger partial charge in [-0.2, -0.15) is 0 Å². The van der Waals surface area contributed by atoms with Crippen molar-refractivity contribution < 1.29 is 4.74 Å². The first kappa shape index (κ1) is 11.0. The molecule has 14 heavy (non-hydrogen) atoms. The Bertz CT molecular complexity index is 297. The van der Waals surface area contributed by atoms with Gasteiger partial charge in [0.1, 0.15) is 0 Å². The monoisotopic (exact) mass is 194 g/mol. The Balaban J connectivity index is 2.76. The summed E-state index contributed by atoms with van der Waals surface area (Å²) in [5.74, 6) is 0.662. The molecule has 0 fully saturated rings. The van der Waals surface area contributed by atoms with Crippen molar-refractivity contribution in [2.75, 3.05) is 13.7 Å². The molecule has 2 N–H and O–H groups in total. The van der Waals surface area contributed by atoms with E-state index in [1.807, 2.05) is 18.2 Å². The van der Waals surface area contributed by atoms with Crippen molar-refractivity contribution in [2.24, 2.45) is 11.1 Å². The topological polar surface area (TPSA) is 48.1 Å². The van der Waals surface area contributed by atoms with E-state index in [9.17, 15) is 0 Å². The van der Waals surface area contributed by atoms with Crippen LogP contribution in [-0.4, -0.2) is 18.6 Å². The number of pyridine rings is 1. The predicted octanol–water partition coefficient (Wildman–Crippen LogP) is 1.62. The van der Waals surface area contributed by atoms with Gasteiger partial charge in [-0.25, -0.2) is 4.98 Å². The Morgan fingerprint density at radius 3 is 2.71 bits per heavy atom. The normalized spacial score (nSPS) is 11.4. The molecule has 0 amide bonds. The lowest BCUT2D eigenvalue weighted by molar-refractivity contribution is 0.363. The molecule has 0 aliphatic heterocycles. The fourth-order valence-corrected chi connectivity index (χ4v) is 1.23. The Kier molecular flexibility index (Phi) is 3.47. The van der Waals surface area contributed by atoms with E-state index in [1.165, 1.54) is 0 Å². The molecule has 78 valence electrons. The standard InChI is InChI=1S/C11H18N2O/c1-11(2,8-12)7-9-5-4-6-10(13-9)14-3/h4-6H,7-8,12H2,1-3H3. The highest BCUT2D eigenvalue weighted by atomic mass is 16.5. The molecule has 3 heteroatoms. The van der Waals surface area contributed by atoms with Gasteiger partial charge in [-0.15, -0.1) is 0 Å². The minimum atomic E-state index is 0.0966. The molecule has 0 saturated carbocycles. The zero-order valence-electron chi connectivity index (χ0n) is 9.08. The number of nitrogens with zero attached hydrogens (tertiary/aromatic N) is 1. The van der Waals surface area contributed by atoms with Gasteiger partial charge >= 0.3 is 0 Å². The van der Waals surface area contributed by atoms with Crippen LogP contribution >= 0.6 is 0 Å². The number of aromatic nitrogens is 1. The largest absolute Gasteiger partial charge is 0.481 e. The summed E-state index contributed by atoms with van der Waals surface area (Å²) in [6.45, 7) is 4.92. The summed E-state index contributed by atoms with van der Waals surface area (Å²) in [5.41, 5.74) is 6.79. The molecule has 1 heterocycles. The van der Waals surface area contributed by atoms with Gasteiger partial charge in [0.25, 0.3) is 0 Å². The third-order valence-corrected chi connectivity index (χ3v) is 2.20. The van der Waals surface area contributed by atoms with Gasteiger partial charge in [0.2, 0.25) is 5.88 Å². The number of ether oxygens (including phenoxy) is 1. The van der Waals surface area contributed by atoms with Crippen LogP contribution in [0.5, 0.6) is 5.88 Å². The molecule has 1 aromatic rings. The molecule has 1 aromatic heterocycles.